The lowest BCUT2D eigenvalue weighted by molar-refractivity contribution is -0.117. The Morgan fingerprint density at radius 1 is 0.938 bits per heavy atom. The van der Waals surface area contributed by atoms with Crippen LogP contribution in [0, 0.1) is 22.7 Å². The third kappa shape index (κ3) is 4.32. The van der Waals surface area contributed by atoms with E-state index >= 15 is 0 Å². The number of carbonyl (C=O) groups excluding carboxylic acids is 1. The second-order valence-electron chi connectivity index (χ2n) is 7.88. The van der Waals surface area contributed by atoms with Gasteiger partial charge in [-0.05, 0) is 41.3 Å². The van der Waals surface area contributed by atoms with Crippen molar-refractivity contribution >= 4 is 17.3 Å². The fourth-order valence-corrected chi connectivity index (χ4v) is 3.97. The van der Waals surface area contributed by atoms with Crippen molar-refractivity contribution in [3.05, 3.63) is 95.1 Å². The molecule has 0 aliphatic carbocycles. The van der Waals surface area contributed by atoms with Gasteiger partial charge in [0.2, 0.25) is 5.91 Å². The van der Waals surface area contributed by atoms with E-state index in [9.17, 15) is 10.1 Å². The first-order chi connectivity index (χ1) is 15.6. The van der Waals surface area contributed by atoms with Gasteiger partial charge in [-0.25, -0.2) is 0 Å². The standard InChI is InChI=1S/C26H23N5O/c1-17(19-12-10-18(14-27)11-13-19)16-29-24(20-6-3-2-4-7-20)25-26(32)30-22-9-5-8-21(15-28)23(22)31-25/h2-13,17,24-25,29,31H,16H2,1H3,(H,30,32)/t17-,24-,25+/m1/s1. The molecule has 6 heteroatoms. The Morgan fingerprint density at radius 2 is 1.69 bits per heavy atom. The predicted molar refractivity (Wildman–Crippen MR) is 124 cm³/mol. The molecule has 3 N–H and O–H groups in total. The number of nitriles is 2. The van der Waals surface area contributed by atoms with Gasteiger partial charge in [0, 0.05) is 6.54 Å². The molecule has 1 heterocycles. The summed E-state index contributed by atoms with van der Waals surface area (Å²) in [7, 11) is 0. The first-order valence-corrected chi connectivity index (χ1v) is 10.5. The van der Waals surface area contributed by atoms with Gasteiger partial charge in [0.05, 0.1) is 34.6 Å². The molecular weight excluding hydrogens is 398 g/mol. The van der Waals surface area contributed by atoms with Crippen LogP contribution >= 0.6 is 0 Å². The summed E-state index contributed by atoms with van der Waals surface area (Å²) in [6.07, 6.45) is 0. The molecular formula is C26H23N5O. The van der Waals surface area contributed by atoms with Crippen molar-refractivity contribution in [2.45, 2.75) is 24.9 Å². The summed E-state index contributed by atoms with van der Waals surface area (Å²) in [5, 5.41) is 28.3. The van der Waals surface area contributed by atoms with E-state index in [0.29, 0.717) is 29.0 Å². The number of nitrogens with one attached hydrogen (secondary N) is 3. The minimum absolute atomic E-state index is 0.153. The van der Waals surface area contributed by atoms with Gasteiger partial charge in [-0.1, -0.05) is 55.5 Å². The van der Waals surface area contributed by atoms with Crippen LogP contribution < -0.4 is 16.0 Å². The SMILES string of the molecule is C[C@H](CN[C@H](c1ccccc1)[C@@H]1Nc2c(C#N)cccc2NC1=O)c1ccc(C#N)cc1. The Morgan fingerprint density at radius 3 is 2.38 bits per heavy atom. The third-order valence-corrected chi connectivity index (χ3v) is 5.77. The minimum Gasteiger partial charge on any atom is -0.369 e. The van der Waals surface area contributed by atoms with E-state index in [0.717, 1.165) is 11.1 Å². The lowest BCUT2D eigenvalue weighted by Gasteiger charge is -2.34. The van der Waals surface area contributed by atoms with Gasteiger partial charge in [0.25, 0.3) is 0 Å². The van der Waals surface area contributed by atoms with E-state index in [4.69, 9.17) is 5.26 Å². The highest BCUT2D eigenvalue weighted by atomic mass is 16.2. The Kier molecular flexibility index (Phi) is 6.17. The van der Waals surface area contributed by atoms with Crippen molar-refractivity contribution < 1.29 is 4.79 Å². The highest BCUT2D eigenvalue weighted by Gasteiger charge is 2.34. The molecule has 0 saturated heterocycles. The van der Waals surface area contributed by atoms with Crippen LogP contribution in [0.4, 0.5) is 11.4 Å². The summed E-state index contributed by atoms with van der Waals surface area (Å²) in [4.78, 5) is 13.0. The molecule has 0 saturated carbocycles. The monoisotopic (exact) mass is 421 g/mol. The predicted octanol–water partition coefficient (Wildman–Crippen LogP) is 4.30. The van der Waals surface area contributed by atoms with E-state index in [-0.39, 0.29) is 17.9 Å². The molecule has 0 spiro atoms. The molecule has 6 nitrogen and oxygen atoms in total. The number of hydrogen-bond acceptors (Lipinski definition) is 5. The lowest BCUT2D eigenvalue weighted by atomic mass is 9.94. The largest absolute Gasteiger partial charge is 0.369 e. The van der Waals surface area contributed by atoms with Crippen molar-refractivity contribution in [2.75, 3.05) is 17.2 Å². The van der Waals surface area contributed by atoms with Crippen LogP contribution in [0.2, 0.25) is 0 Å². The highest BCUT2D eigenvalue weighted by Crippen LogP contribution is 2.33. The van der Waals surface area contributed by atoms with Crippen molar-refractivity contribution in [1.82, 2.24) is 5.32 Å². The van der Waals surface area contributed by atoms with Gasteiger partial charge in [-0.3, -0.25) is 4.79 Å². The van der Waals surface area contributed by atoms with Crippen LogP contribution in [0.1, 0.15) is 41.1 Å². The fourth-order valence-electron chi connectivity index (χ4n) is 3.97. The molecule has 0 bridgehead atoms. The normalized spacial score (nSPS) is 16.5. The zero-order valence-electron chi connectivity index (χ0n) is 17.7. The minimum atomic E-state index is -0.590. The number of benzene rings is 3. The molecule has 1 aliphatic rings. The number of hydrogen-bond donors (Lipinski definition) is 3. The molecule has 32 heavy (non-hydrogen) atoms. The maximum absolute atomic E-state index is 13.0. The lowest BCUT2D eigenvalue weighted by Crippen LogP contribution is -2.48. The summed E-state index contributed by atoms with van der Waals surface area (Å²) >= 11 is 0. The van der Waals surface area contributed by atoms with Gasteiger partial charge < -0.3 is 16.0 Å². The van der Waals surface area contributed by atoms with E-state index in [1.165, 1.54) is 0 Å². The molecule has 3 aromatic rings. The molecule has 3 aromatic carbocycles. The van der Waals surface area contributed by atoms with Crippen molar-refractivity contribution in [2.24, 2.45) is 0 Å². The molecule has 3 atom stereocenters. The zero-order chi connectivity index (χ0) is 22.5. The maximum atomic E-state index is 13.0. The van der Waals surface area contributed by atoms with Gasteiger partial charge in [-0.2, -0.15) is 10.5 Å². The molecule has 0 fully saturated rings. The Hall–Kier alpha value is -4.13. The maximum Gasteiger partial charge on any atom is 0.248 e. The molecule has 0 radical (unpaired) electrons. The number of nitrogens with zero attached hydrogens (tertiary/aromatic N) is 2. The second-order valence-corrected chi connectivity index (χ2v) is 7.88. The van der Waals surface area contributed by atoms with E-state index in [1.807, 2.05) is 54.6 Å². The third-order valence-electron chi connectivity index (χ3n) is 5.77. The smallest absolute Gasteiger partial charge is 0.248 e. The first-order valence-electron chi connectivity index (χ1n) is 10.5. The van der Waals surface area contributed by atoms with Crippen molar-refractivity contribution in [3.63, 3.8) is 0 Å². The summed E-state index contributed by atoms with van der Waals surface area (Å²) in [5.74, 6) is 0.0162. The second kappa shape index (κ2) is 9.34. The summed E-state index contributed by atoms with van der Waals surface area (Å²) in [6, 6.07) is 26.1. The van der Waals surface area contributed by atoms with Gasteiger partial charge in [0.15, 0.2) is 0 Å². The zero-order valence-corrected chi connectivity index (χ0v) is 17.7. The average molecular weight is 422 g/mol. The van der Waals surface area contributed by atoms with E-state index in [1.54, 1.807) is 18.2 Å². The van der Waals surface area contributed by atoms with Crippen LogP contribution in [-0.4, -0.2) is 18.5 Å². The molecule has 4 rings (SSSR count). The molecule has 0 aromatic heterocycles. The van der Waals surface area contributed by atoms with Crippen LogP contribution in [0.5, 0.6) is 0 Å². The molecule has 158 valence electrons. The van der Waals surface area contributed by atoms with Gasteiger partial charge in [-0.15, -0.1) is 0 Å². The van der Waals surface area contributed by atoms with Crippen LogP contribution in [-0.2, 0) is 4.79 Å². The summed E-state index contributed by atoms with van der Waals surface area (Å²) in [5.41, 5.74) is 4.47. The topological polar surface area (TPSA) is 101 Å². The number of fused-ring (bicyclic) bond motifs is 1. The van der Waals surface area contributed by atoms with Gasteiger partial charge in [0.1, 0.15) is 12.1 Å². The van der Waals surface area contributed by atoms with E-state index < -0.39 is 6.04 Å². The Bertz CT molecular complexity index is 1190. The number of anilines is 2. The first kappa shape index (κ1) is 21.1. The Balaban J connectivity index is 1.59. The highest BCUT2D eigenvalue weighted by molar-refractivity contribution is 6.04. The van der Waals surface area contributed by atoms with Crippen LogP contribution in [0.3, 0.4) is 0 Å². The molecule has 0 unspecified atom stereocenters. The number of amides is 1. The average Bonchev–Trinajstić information content (AvgIpc) is 2.84. The summed E-state index contributed by atoms with van der Waals surface area (Å²) in [6.45, 7) is 2.73. The van der Waals surface area contributed by atoms with Gasteiger partial charge >= 0.3 is 0 Å². The number of rotatable bonds is 6. The number of carbonyl (C=O) groups is 1. The molecule has 1 amide bonds. The van der Waals surface area contributed by atoms with Crippen LogP contribution in [0.25, 0.3) is 0 Å². The van der Waals surface area contributed by atoms with Crippen LogP contribution in [0.15, 0.2) is 72.8 Å². The molecule has 1 aliphatic heterocycles. The quantitative estimate of drug-likeness (QED) is 0.551. The Labute approximate surface area is 187 Å². The fraction of sp³-hybridized carbons (Fsp3) is 0.192. The van der Waals surface area contributed by atoms with Crippen molar-refractivity contribution in [3.8, 4) is 12.1 Å². The van der Waals surface area contributed by atoms with E-state index in [2.05, 4.69) is 35.0 Å². The number of para-hydroxylation sites is 1. The van der Waals surface area contributed by atoms with Crippen molar-refractivity contribution in [1.29, 1.82) is 10.5 Å². The summed E-state index contributed by atoms with van der Waals surface area (Å²) < 4.78 is 0.